The third-order valence-corrected chi connectivity index (χ3v) is 3.32. The number of nitrogens with zero attached hydrogens (tertiary/aromatic N) is 2. The number of para-hydroxylation sites is 1. The lowest BCUT2D eigenvalue weighted by Crippen LogP contribution is -2.23. The second kappa shape index (κ2) is 6.91. The van der Waals surface area contributed by atoms with Crippen LogP contribution in [0.25, 0.3) is 11.5 Å². The first-order valence-electron chi connectivity index (χ1n) is 7.17. The molecule has 0 bridgehead atoms. The van der Waals surface area contributed by atoms with Gasteiger partial charge in [-0.05, 0) is 29.8 Å². The minimum absolute atomic E-state index is 0.155. The summed E-state index contributed by atoms with van der Waals surface area (Å²) in [5.41, 5.74) is 1.36. The Morgan fingerprint density at radius 1 is 1.17 bits per heavy atom. The van der Waals surface area contributed by atoms with Gasteiger partial charge in [-0.15, -0.1) is 10.2 Å². The minimum Gasteiger partial charge on any atom is -0.496 e. The molecule has 0 atom stereocenters. The van der Waals surface area contributed by atoms with Crippen LogP contribution < -0.4 is 10.1 Å². The smallest absolute Gasteiger partial charge is 0.309 e. The highest BCUT2D eigenvalue weighted by atomic mass is 19.1. The van der Waals surface area contributed by atoms with E-state index in [-0.39, 0.29) is 24.1 Å². The summed E-state index contributed by atoms with van der Waals surface area (Å²) >= 11 is 0. The fourth-order valence-corrected chi connectivity index (χ4v) is 2.11. The number of nitrogens with one attached hydrogen (secondary N) is 1. The Hall–Kier alpha value is -3.22. The predicted octanol–water partition coefficient (Wildman–Crippen LogP) is 2.81. The summed E-state index contributed by atoms with van der Waals surface area (Å²) in [6.07, 6.45) is 0. The SMILES string of the molecule is COc1ccccc1-c1nnc(C(=O)NCc2ccc(F)cc2)o1. The molecule has 1 heterocycles. The molecule has 0 fully saturated rings. The molecule has 0 saturated carbocycles. The van der Waals surface area contributed by atoms with Gasteiger partial charge in [0.2, 0.25) is 0 Å². The summed E-state index contributed by atoms with van der Waals surface area (Å²) in [4.78, 5) is 12.1. The standard InChI is InChI=1S/C17H14FN3O3/c1-23-14-5-3-2-4-13(14)16-20-21-17(24-16)15(22)19-10-11-6-8-12(18)9-7-11/h2-9H,10H2,1H3,(H,19,22). The van der Waals surface area contributed by atoms with E-state index in [0.29, 0.717) is 11.3 Å². The van der Waals surface area contributed by atoms with Gasteiger partial charge in [-0.2, -0.15) is 0 Å². The molecule has 6 nitrogen and oxygen atoms in total. The van der Waals surface area contributed by atoms with Gasteiger partial charge in [-0.25, -0.2) is 4.39 Å². The Balaban J connectivity index is 1.70. The number of benzene rings is 2. The van der Waals surface area contributed by atoms with E-state index in [2.05, 4.69) is 15.5 Å². The lowest BCUT2D eigenvalue weighted by molar-refractivity contribution is 0.0917. The third kappa shape index (κ3) is 3.40. The van der Waals surface area contributed by atoms with Gasteiger partial charge in [-0.3, -0.25) is 4.79 Å². The highest BCUT2D eigenvalue weighted by molar-refractivity contribution is 5.89. The fourth-order valence-electron chi connectivity index (χ4n) is 2.11. The van der Waals surface area contributed by atoms with Crippen molar-refractivity contribution in [2.24, 2.45) is 0 Å². The first-order chi connectivity index (χ1) is 11.7. The van der Waals surface area contributed by atoms with Gasteiger partial charge < -0.3 is 14.5 Å². The molecule has 2 aromatic carbocycles. The summed E-state index contributed by atoms with van der Waals surface area (Å²) in [5, 5.41) is 10.3. The zero-order chi connectivity index (χ0) is 16.9. The lowest BCUT2D eigenvalue weighted by atomic mass is 10.2. The van der Waals surface area contributed by atoms with Crippen LogP contribution in [0.3, 0.4) is 0 Å². The summed E-state index contributed by atoms with van der Waals surface area (Å²) in [5.74, 6) is -0.228. The Labute approximate surface area is 137 Å². The van der Waals surface area contributed by atoms with Crippen molar-refractivity contribution in [2.75, 3.05) is 7.11 Å². The molecule has 0 radical (unpaired) electrons. The molecule has 0 saturated heterocycles. The Bertz CT molecular complexity index is 846. The van der Waals surface area contributed by atoms with Crippen molar-refractivity contribution < 1.29 is 18.3 Å². The van der Waals surface area contributed by atoms with E-state index in [1.807, 2.05) is 6.07 Å². The number of hydrogen-bond donors (Lipinski definition) is 1. The molecular weight excluding hydrogens is 313 g/mol. The molecular formula is C17H14FN3O3. The highest BCUT2D eigenvalue weighted by Crippen LogP contribution is 2.28. The number of hydrogen-bond acceptors (Lipinski definition) is 5. The number of rotatable bonds is 5. The zero-order valence-electron chi connectivity index (χ0n) is 12.8. The molecule has 24 heavy (non-hydrogen) atoms. The number of halogens is 1. The summed E-state index contributed by atoms with van der Waals surface area (Å²) < 4.78 is 23.5. The molecule has 3 aromatic rings. The van der Waals surface area contributed by atoms with Gasteiger partial charge in [0.25, 0.3) is 5.89 Å². The van der Waals surface area contributed by atoms with Crippen LogP contribution in [0.2, 0.25) is 0 Å². The average molecular weight is 327 g/mol. The van der Waals surface area contributed by atoms with Crippen molar-refractivity contribution in [2.45, 2.75) is 6.54 Å². The quantitative estimate of drug-likeness (QED) is 0.780. The van der Waals surface area contributed by atoms with Crippen LogP contribution in [0.1, 0.15) is 16.2 Å². The van der Waals surface area contributed by atoms with E-state index >= 15 is 0 Å². The first kappa shape index (κ1) is 15.7. The normalized spacial score (nSPS) is 10.4. The summed E-state index contributed by atoms with van der Waals surface area (Å²) in [6, 6.07) is 13.0. The average Bonchev–Trinajstić information content (AvgIpc) is 3.11. The molecule has 0 unspecified atom stereocenters. The van der Waals surface area contributed by atoms with Crippen molar-refractivity contribution in [3.8, 4) is 17.2 Å². The maximum Gasteiger partial charge on any atom is 0.309 e. The molecule has 0 aliphatic rings. The Morgan fingerprint density at radius 3 is 2.67 bits per heavy atom. The fraction of sp³-hybridized carbons (Fsp3) is 0.118. The number of methoxy groups -OCH3 is 1. The molecule has 0 aliphatic carbocycles. The van der Waals surface area contributed by atoms with Crippen LogP contribution in [-0.2, 0) is 6.54 Å². The van der Waals surface area contributed by atoms with E-state index < -0.39 is 5.91 Å². The van der Waals surface area contributed by atoms with Gasteiger partial charge in [0, 0.05) is 6.54 Å². The number of aromatic nitrogens is 2. The van der Waals surface area contributed by atoms with E-state index in [1.165, 1.54) is 19.2 Å². The van der Waals surface area contributed by atoms with Crippen LogP contribution in [-0.4, -0.2) is 23.2 Å². The van der Waals surface area contributed by atoms with Gasteiger partial charge >= 0.3 is 11.8 Å². The second-order valence-corrected chi connectivity index (χ2v) is 4.92. The molecule has 7 heteroatoms. The molecule has 1 amide bonds. The van der Waals surface area contributed by atoms with Crippen molar-refractivity contribution in [1.82, 2.24) is 15.5 Å². The van der Waals surface area contributed by atoms with E-state index in [9.17, 15) is 9.18 Å². The van der Waals surface area contributed by atoms with Crippen LogP contribution in [0.15, 0.2) is 52.9 Å². The lowest BCUT2D eigenvalue weighted by Gasteiger charge is -2.03. The van der Waals surface area contributed by atoms with Gasteiger partial charge in [0.05, 0.1) is 12.7 Å². The highest BCUT2D eigenvalue weighted by Gasteiger charge is 2.17. The second-order valence-electron chi connectivity index (χ2n) is 4.92. The van der Waals surface area contributed by atoms with Crippen LogP contribution >= 0.6 is 0 Å². The monoisotopic (exact) mass is 327 g/mol. The van der Waals surface area contributed by atoms with Gasteiger partial charge in [0.15, 0.2) is 0 Å². The van der Waals surface area contributed by atoms with E-state index in [4.69, 9.17) is 9.15 Å². The molecule has 1 aromatic heterocycles. The Morgan fingerprint density at radius 2 is 1.92 bits per heavy atom. The van der Waals surface area contributed by atoms with E-state index in [0.717, 1.165) is 5.56 Å². The van der Waals surface area contributed by atoms with Crippen LogP contribution in [0, 0.1) is 5.82 Å². The third-order valence-electron chi connectivity index (χ3n) is 3.32. The topological polar surface area (TPSA) is 77.2 Å². The maximum absolute atomic E-state index is 12.8. The van der Waals surface area contributed by atoms with Crippen molar-refractivity contribution in [3.05, 3.63) is 65.8 Å². The molecule has 122 valence electrons. The molecule has 1 N–H and O–H groups in total. The minimum atomic E-state index is -0.507. The number of ether oxygens (including phenoxy) is 1. The predicted molar refractivity (Wildman–Crippen MR) is 83.9 cm³/mol. The van der Waals surface area contributed by atoms with Crippen LogP contribution in [0.4, 0.5) is 4.39 Å². The summed E-state index contributed by atoms with van der Waals surface area (Å²) in [7, 11) is 1.53. The zero-order valence-corrected chi connectivity index (χ0v) is 12.8. The van der Waals surface area contributed by atoms with Crippen molar-refractivity contribution in [3.63, 3.8) is 0 Å². The van der Waals surface area contributed by atoms with Gasteiger partial charge in [0.1, 0.15) is 11.6 Å². The van der Waals surface area contributed by atoms with Crippen molar-refractivity contribution >= 4 is 5.91 Å². The largest absolute Gasteiger partial charge is 0.496 e. The molecule has 3 rings (SSSR count). The Kier molecular flexibility index (Phi) is 4.51. The number of carbonyl (C=O) groups is 1. The van der Waals surface area contributed by atoms with Gasteiger partial charge in [-0.1, -0.05) is 24.3 Å². The first-order valence-corrected chi connectivity index (χ1v) is 7.17. The van der Waals surface area contributed by atoms with Crippen LogP contribution in [0.5, 0.6) is 5.75 Å². The summed E-state index contributed by atoms with van der Waals surface area (Å²) in [6.45, 7) is 0.228. The maximum atomic E-state index is 12.8. The molecule has 0 aliphatic heterocycles. The van der Waals surface area contributed by atoms with E-state index in [1.54, 1.807) is 30.3 Å². The van der Waals surface area contributed by atoms with Crippen molar-refractivity contribution in [1.29, 1.82) is 0 Å². The molecule has 0 spiro atoms. The number of amides is 1. The number of carbonyl (C=O) groups excluding carboxylic acids is 1.